The summed E-state index contributed by atoms with van der Waals surface area (Å²) in [7, 11) is 0. The lowest BCUT2D eigenvalue weighted by Crippen LogP contribution is -2.52. The summed E-state index contributed by atoms with van der Waals surface area (Å²) in [6.45, 7) is 2.82. The summed E-state index contributed by atoms with van der Waals surface area (Å²) >= 11 is 1.36. The fourth-order valence-corrected chi connectivity index (χ4v) is 4.50. The molecule has 2 fully saturated rings. The lowest BCUT2D eigenvalue weighted by molar-refractivity contribution is -0.136. The number of imide groups is 1. The summed E-state index contributed by atoms with van der Waals surface area (Å²) in [5, 5.41) is 9.63. The molecule has 150 valence electrons. The Labute approximate surface area is 171 Å². The predicted octanol–water partition coefficient (Wildman–Crippen LogP) is 0.598. The minimum absolute atomic E-state index is 0.156. The van der Waals surface area contributed by atoms with E-state index in [-0.39, 0.29) is 18.2 Å². The second-order valence-electron chi connectivity index (χ2n) is 7.56. The van der Waals surface area contributed by atoms with Crippen molar-refractivity contribution in [3.8, 4) is 0 Å². The Balaban J connectivity index is 1.25. The molecule has 0 aliphatic carbocycles. The molecule has 0 bridgehead atoms. The molecule has 1 unspecified atom stereocenters. The number of hydrogen-bond donors (Lipinski definition) is 3. The number of carbonyl (C=O) groups is 3. The van der Waals surface area contributed by atoms with Gasteiger partial charge in [0.15, 0.2) is 0 Å². The maximum absolute atomic E-state index is 12.7. The number of hydrogen-bond acceptors (Lipinski definition) is 8. The van der Waals surface area contributed by atoms with Gasteiger partial charge in [0.1, 0.15) is 11.9 Å². The predicted molar refractivity (Wildman–Crippen MR) is 105 cm³/mol. The molecule has 29 heavy (non-hydrogen) atoms. The van der Waals surface area contributed by atoms with Gasteiger partial charge < -0.3 is 15.5 Å². The lowest BCUT2D eigenvalue weighted by Gasteiger charge is -2.29. The van der Waals surface area contributed by atoms with Crippen molar-refractivity contribution < 1.29 is 14.4 Å². The number of benzene rings is 1. The zero-order valence-electron chi connectivity index (χ0n) is 15.6. The largest absolute Gasteiger partial charge is 0.356 e. The standard InChI is InChI=1S/C19H20N6O3S/c26-15-4-3-14(17(27)22-15)25-9-11-5-10(1-2-13(11)18(25)28)6-21-19-23-16(24-29-19)12-7-20-8-12/h1-2,5,12,14,20H,3-4,6-9H2,(H,21,23,24)(H,22,26,27). The first-order valence-electron chi connectivity index (χ1n) is 9.63. The highest BCUT2D eigenvalue weighted by molar-refractivity contribution is 7.09. The smallest absolute Gasteiger partial charge is 0.255 e. The van der Waals surface area contributed by atoms with E-state index in [9.17, 15) is 14.4 Å². The van der Waals surface area contributed by atoms with Gasteiger partial charge in [0, 0.05) is 55.6 Å². The Bertz CT molecular complexity index is 1000. The van der Waals surface area contributed by atoms with Gasteiger partial charge in [-0.05, 0) is 23.6 Å². The van der Waals surface area contributed by atoms with Gasteiger partial charge in [0.25, 0.3) is 5.91 Å². The molecule has 0 radical (unpaired) electrons. The third kappa shape index (κ3) is 3.38. The first-order valence-corrected chi connectivity index (χ1v) is 10.4. The van der Waals surface area contributed by atoms with Crippen LogP contribution < -0.4 is 16.0 Å². The van der Waals surface area contributed by atoms with Crippen LogP contribution in [0.15, 0.2) is 18.2 Å². The fraction of sp³-hybridized carbons (Fsp3) is 0.421. The average molecular weight is 412 g/mol. The Morgan fingerprint density at radius 3 is 2.86 bits per heavy atom. The molecule has 5 rings (SSSR count). The number of amides is 3. The van der Waals surface area contributed by atoms with E-state index < -0.39 is 11.9 Å². The van der Waals surface area contributed by atoms with Gasteiger partial charge in [-0.25, -0.2) is 4.98 Å². The molecule has 9 nitrogen and oxygen atoms in total. The number of carbonyl (C=O) groups excluding carboxylic acids is 3. The van der Waals surface area contributed by atoms with E-state index in [4.69, 9.17) is 0 Å². The summed E-state index contributed by atoms with van der Waals surface area (Å²) in [5.74, 6) is 0.467. The van der Waals surface area contributed by atoms with Gasteiger partial charge in [-0.1, -0.05) is 12.1 Å². The maximum Gasteiger partial charge on any atom is 0.255 e. The maximum atomic E-state index is 12.7. The molecular weight excluding hydrogens is 392 g/mol. The molecule has 1 atom stereocenters. The van der Waals surface area contributed by atoms with Crippen LogP contribution in [0.1, 0.15) is 46.1 Å². The van der Waals surface area contributed by atoms with Crippen molar-refractivity contribution in [1.29, 1.82) is 0 Å². The van der Waals surface area contributed by atoms with Gasteiger partial charge in [0.2, 0.25) is 16.9 Å². The SMILES string of the molecule is O=C1CCC(N2Cc3cc(CNc4nc(C5CNC5)ns4)ccc3C2=O)C(=O)N1. The number of nitrogens with zero attached hydrogens (tertiary/aromatic N) is 3. The van der Waals surface area contributed by atoms with Crippen LogP contribution in [0.5, 0.6) is 0 Å². The van der Waals surface area contributed by atoms with Gasteiger partial charge in [-0.2, -0.15) is 4.37 Å². The number of aromatic nitrogens is 2. The third-order valence-electron chi connectivity index (χ3n) is 5.62. The molecule has 3 aliphatic heterocycles. The quantitative estimate of drug-likeness (QED) is 0.616. The molecule has 3 amide bonds. The highest BCUT2D eigenvalue weighted by Crippen LogP contribution is 2.28. The Morgan fingerprint density at radius 2 is 2.10 bits per heavy atom. The Kier molecular flexibility index (Phi) is 4.51. The Hall–Kier alpha value is -2.85. The molecule has 10 heteroatoms. The summed E-state index contributed by atoms with van der Waals surface area (Å²) in [4.78, 5) is 42.4. The highest BCUT2D eigenvalue weighted by atomic mass is 32.1. The van der Waals surface area contributed by atoms with Crippen molar-refractivity contribution >= 4 is 34.4 Å². The molecule has 0 spiro atoms. The van der Waals surface area contributed by atoms with Crippen molar-refractivity contribution in [2.24, 2.45) is 0 Å². The summed E-state index contributed by atoms with van der Waals surface area (Å²) in [5.41, 5.74) is 2.55. The van der Waals surface area contributed by atoms with Gasteiger partial charge in [-0.3, -0.25) is 19.7 Å². The van der Waals surface area contributed by atoms with E-state index in [2.05, 4.69) is 25.3 Å². The van der Waals surface area contributed by atoms with Crippen molar-refractivity contribution in [3.05, 3.63) is 40.7 Å². The van der Waals surface area contributed by atoms with Crippen LogP contribution in [0.25, 0.3) is 0 Å². The third-order valence-corrected chi connectivity index (χ3v) is 6.31. The van der Waals surface area contributed by atoms with Crippen molar-refractivity contribution in [1.82, 2.24) is 24.9 Å². The molecule has 3 aliphatic rings. The van der Waals surface area contributed by atoms with Crippen LogP contribution in [0.4, 0.5) is 5.13 Å². The topological polar surface area (TPSA) is 116 Å². The van der Waals surface area contributed by atoms with Crippen LogP contribution in [-0.4, -0.2) is 51.1 Å². The molecule has 3 N–H and O–H groups in total. The summed E-state index contributed by atoms with van der Waals surface area (Å²) in [6, 6.07) is 5.13. The average Bonchev–Trinajstić information content (AvgIpc) is 3.23. The molecule has 2 aromatic rings. The van der Waals surface area contributed by atoms with E-state index in [1.54, 1.807) is 4.90 Å². The minimum Gasteiger partial charge on any atom is -0.356 e. The molecule has 0 saturated carbocycles. The first kappa shape index (κ1) is 18.2. The number of rotatable bonds is 5. The Morgan fingerprint density at radius 1 is 1.24 bits per heavy atom. The zero-order chi connectivity index (χ0) is 20.0. The van der Waals surface area contributed by atoms with Gasteiger partial charge in [0.05, 0.1) is 0 Å². The molecule has 4 heterocycles. The normalized spacial score (nSPS) is 21.7. The van der Waals surface area contributed by atoms with Crippen molar-refractivity contribution in [2.45, 2.75) is 37.9 Å². The van der Waals surface area contributed by atoms with Crippen LogP contribution in [0, 0.1) is 0 Å². The first-order chi connectivity index (χ1) is 14.1. The van der Waals surface area contributed by atoms with Gasteiger partial charge in [-0.15, -0.1) is 0 Å². The molecule has 1 aromatic carbocycles. The van der Waals surface area contributed by atoms with Crippen LogP contribution in [0.3, 0.4) is 0 Å². The minimum atomic E-state index is -0.588. The molecule has 1 aromatic heterocycles. The van der Waals surface area contributed by atoms with Crippen LogP contribution in [-0.2, 0) is 22.7 Å². The van der Waals surface area contributed by atoms with E-state index in [1.807, 2.05) is 18.2 Å². The summed E-state index contributed by atoms with van der Waals surface area (Å²) < 4.78 is 4.41. The van der Waals surface area contributed by atoms with Gasteiger partial charge >= 0.3 is 0 Å². The number of anilines is 1. The van der Waals surface area contributed by atoms with E-state index >= 15 is 0 Å². The number of fused-ring (bicyclic) bond motifs is 1. The highest BCUT2D eigenvalue weighted by Gasteiger charge is 2.39. The van der Waals surface area contributed by atoms with Crippen LogP contribution in [0.2, 0.25) is 0 Å². The molecule has 2 saturated heterocycles. The van der Waals surface area contributed by atoms with Crippen LogP contribution >= 0.6 is 11.5 Å². The monoisotopic (exact) mass is 412 g/mol. The van der Waals surface area contributed by atoms with E-state index in [0.717, 1.165) is 35.2 Å². The zero-order valence-corrected chi connectivity index (χ0v) is 16.4. The second-order valence-corrected chi connectivity index (χ2v) is 8.31. The van der Waals surface area contributed by atoms with E-state index in [0.29, 0.717) is 31.0 Å². The number of nitrogens with one attached hydrogen (secondary N) is 3. The van der Waals surface area contributed by atoms with Crippen molar-refractivity contribution in [2.75, 3.05) is 18.4 Å². The fourth-order valence-electron chi connectivity index (χ4n) is 3.86. The lowest BCUT2D eigenvalue weighted by atomic mass is 10.0. The second kappa shape index (κ2) is 7.20. The number of piperidine rings is 1. The summed E-state index contributed by atoms with van der Waals surface area (Å²) in [6.07, 6.45) is 0.626. The van der Waals surface area contributed by atoms with Crippen molar-refractivity contribution in [3.63, 3.8) is 0 Å². The molecular formula is C19H20N6O3S. The van der Waals surface area contributed by atoms with E-state index in [1.165, 1.54) is 11.5 Å².